The second-order valence-electron chi connectivity index (χ2n) is 6.92. The summed E-state index contributed by atoms with van der Waals surface area (Å²) in [4.78, 5) is 39.6. The lowest BCUT2D eigenvalue weighted by atomic mass is 10.0. The molecule has 1 aliphatic rings. The number of esters is 1. The Morgan fingerprint density at radius 3 is 2.55 bits per heavy atom. The van der Waals surface area contributed by atoms with Gasteiger partial charge in [0.2, 0.25) is 0 Å². The molecular formula is C19H20BrN3O8. The first-order chi connectivity index (χ1) is 14.6. The summed E-state index contributed by atoms with van der Waals surface area (Å²) in [6.07, 6.45) is -3.29. The zero-order chi connectivity index (χ0) is 22.9. The molecule has 0 bridgehead atoms. The first kappa shape index (κ1) is 22.7. The molecule has 0 amide bonds. The van der Waals surface area contributed by atoms with E-state index in [1.807, 2.05) is 0 Å². The van der Waals surface area contributed by atoms with Gasteiger partial charge in [0, 0.05) is 19.5 Å². The van der Waals surface area contributed by atoms with Crippen LogP contribution in [0.5, 0.6) is 11.5 Å². The van der Waals surface area contributed by atoms with Gasteiger partial charge in [0.05, 0.1) is 10.6 Å². The number of phenols is 2. The van der Waals surface area contributed by atoms with Crippen LogP contribution < -0.4 is 11.0 Å². The highest BCUT2D eigenvalue weighted by Gasteiger charge is 2.44. The van der Waals surface area contributed by atoms with Crippen molar-refractivity contribution in [3.63, 3.8) is 0 Å². The predicted molar refractivity (Wildman–Crippen MR) is 110 cm³/mol. The Bertz CT molecular complexity index is 1050. The minimum atomic E-state index is -1.31. The van der Waals surface area contributed by atoms with E-state index >= 15 is 0 Å². The zero-order valence-corrected chi connectivity index (χ0v) is 18.1. The van der Waals surface area contributed by atoms with Crippen LogP contribution in [0.1, 0.15) is 26.5 Å². The highest BCUT2D eigenvalue weighted by Crippen LogP contribution is 2.36. The zero-order valence-electron chi connectivity index (χ0n) is 16.5. The number of phenolic OH excluding ortho intramolecular Hbond substituents is 2. The van der Waals surface area contributed by atoms with Crippen LogP contribution in [0.15, 0.2) is 33.7 Å². The topological polar surface area (TPSA) is 160 Å². The Hall–Kier alpha value is -2.96. The van der Waals surface area contributed by atoms with Gasteiger partial charge in [-0.25, -0.2) is 4.79 Å². The lowest BCUT2D eigenvalue weighted by Gasteiger charge is -2.23. The van der Waals surface area contributed by atoms with Gasteiger partial charge < -0.3 is 30.1 Å². The quantitative estimate of drug-likeness (QED) is 0.338. The lowest BCUT2D eigenvalue weighted by Crippen LogP contribution is -2.42. The molecule has 0 spiro atoms. The molecule has 4 atom stereocenters. The maximum absolute atomic E-state index is 12.6. The van der Waals surface area contributed by atoms with Crippen molar-refractivity contribution in [1.82, 2.24) is 9.55 Å². The first-order valence-corrected chi connectivity index (χ1v) is 9.95. The Balaban J connectivity index is 1.86. The number of hydrogen-bond acceptors (Lipinski definition) is 10. The van der Waals surface area contributed by atoms with Crippen molar-refractivity contribution < 1.29 is 34.4 Å². The number of hydrogen-bond donors (Lipinski definition) is 4. The van der Waals surface area contributed by atoms with Crippen molar-refractivity contribution in [1.29, 1.82) is 0 Å². The molecular weight excluding hydrogens is 478 g/mol. The van der Waals surface area contributed by atoms with Crippen molar-refractivity contribution in [3.8, 4) is 11.5 Å². The molecule has 166 valence electrons. The normalized spacial score (nSPS) is 21.5. The van der Waals surface area contributed by atoms with Crippen LogP contribution in [0.3, 0.4) is 0 Å². The van der Waals surface area contributed by atoms with Crippen LogP contribution in [-0.4, -0.2) is 54.9 Å². The van der Waals surface area contributed by atoms with E-state index in [9.17, 15) is 29.7 Å². The van der Waals surface area contributed by atoms with Crippen molar-refractivity contribution in [2.75, 3.05) is 5.32 Å². The summed E-state index contributed by atoms with van der Waals surface area (Å²) in [5.74, 6) is -1.68. The summed E-state index contributed by atoms with van der Waals surface area (Å²) < 4.78 is 12.0. The Morgan fingerprint density at radius 2 is 1.97 bits per heavy atom. The summed E-state index contributed by atoms with van der Waals surface area (Å²) in [5.41, 5.74) is -0.795. The van der Waals surface area contributed by atoms with Crippen molar-refractivity contribution >= 4 is 39.2 Å². The number of rotatable bonds is 6. The van der Waals surface area contributed by atoms with Gasteiger partial charge in [0.15, 0.2) is 17.7 Å². The van der Waals surface area contributed by atoms with Gasteiger partial charge in [-0.2, -0.15) is 4.98 Å². The van der Waals surface area contributed by atoms with Gasteiger partial charge >= 0.3 is 11.7 Å². The summed E-state index contributed by atoms with van der Waals surface area (Å²) in [5, 5.41) is 32.8. The van der Waals surface area contributed by atoms with Crippen LogP contribution in [0, 0.1) is 0 Å². The average molecular weight is 498 g/mol. The third kappa shape index (κ3) is 4.86. The highest BCUT2D eigenvalue weighted by atomic mass is 79.9. The van der Waals surface area contributed by atoms with E-state index in [-0.39, 0.29) is 29.4 Å². The van der Waals surface area contributed by atoms with Crippen LogP contribution in [0.4, 0.5) is 11.5 Å². The fraction of sp³-hybridized carbons (Fsp3) is 0.368. The molecule has 3 rings (SSSR count). The summed E-state index contributed by atoms with van der Waals surface area (Å²) in [7, 11) is 0. The van der Waals surface area contributed by atoms with Gasteiger partial charge in [-0.15, -0.1) is 0 Å². The van der Waals surface area contributed by atoms with Crippen molar-refractivity contribution in [2.45, 2.75) is 44.8 Å². The number of carbonyl (C=O) groups excluding carboxylic acids is 2. The molecule has 1 aromatic heterocycles. The first-order valence-electron chi connectivity index (χ1n) is 9.16. The number of ketones is 1. The Morgan fingerprint density at radius 1 is 1.32 bits per heavy atom. The fourth-order valence-electron chi connectivity index (χ4n) is 3.19. The van der Waals surface area contributed by atoms with Gasteiger partial charge in [-0.1, -0.05) is 6.07 Å². The number of nitrogens with zero attached hydrogens (tertiary/aromatic N) is 2. The van der Waals surface area contributed by atoms with Crippen LogP contribution in [0.2, 0.25) is 0 Å². The maximum Gasteiger partial charge on any atom is 0.351 e. The third-order valence-corrected chi connectivity index (χ3v) is 5.19. The minimum absolute atomic E-state index is 0.0228. The number of ether oxygens (including phenoxy) is 2. The van der Waals surface area contributed by atoms with E-state index in [0.717, 1.165) is 11.5 Å². The van der Waals surface area contributed by atoms with Crippen molar-refractivity contribution in [2.24, 2.45) is 0 Å². The Kier molecular flexibility index (Phi) is 6.62. The number of anilines is 2. The van der Waals surface area contributed by atoms with E-state index in [0.29, 0.717) is 4.47 Å². The average Bonchev–Trinajstić information content (AvgIpc) is 3.06. The van der Waals surface area contributed by atoms with E-state index < -0.39 is 42.0 Å². The van der Waals surface area contributed by atoms with E-state index in [1.54, 1.807) is 0 Å². The molecule has 0 radical (unpaired) electrons. The third-order valence-electron chi connectivity index (χ3n) is 4.61. The SMILES string of the molecule is CC(=O)OC(C(C)=O)[C@H]1O[C@@H](n2cc(Br)c(Nc3c(O)cccc3O)nc2=O)C[C@@H]1O. The molecule has 1 fully saturated rings. The number of para-hydroxylation sites is 1. The van der Waals surface area contributed by atoms with Gasteiger partial charge in [0.25, 0.3) is 0 Å². The number of aromatic hydroxyl groups is 2. The number of aliphatic hydroxyl groups excluding tert-OH is 1. The fourth-order valence-corrected chi connectivity index (χ4v) is 3.60. The molecule has 0 aliphatic carbocycles. The van der Waals surface area contributed by atoms with Crippen LogP contribution >= 0.6 is 15.9 Å². The summed E-state index contributed by atoms with van der Waals surface area (Å²) >= 11 is 3.26. The molecule has 1 aromatic carbocycles. The van der Waals surface area contributed by atoms with E-state index in [4.69, 9.17) is 9.47 Å². The van der Waals surface area contributed by atoms with E-state index in [2.05, 4.69) is 26.2 Å². The van der Waals surface area contributed by atoms with Crippen LogP contribution in [0.25, 0.3) is 0 Å². The molecule has 0 saturated carbocycles. The lowest BCUT2D eigenvalue weighted by molar-refractivity contribution is -0.166. The summed E-state index contributed by atoms with van der Waals surface area (Å²) in [6, 6.07) is 4.14. The number of aromatic nitrogens is 2. The second kappa shape index (κ2) is 9.04. The maximum atomic E-state index is 12.6. The number of nitrogens with one attached hydrogen (secondary N) is 1. The van der Waals surface area contributed by atoms with Crippen molar-refractivity contribution in [3.05, 3.63) is 39.4 Å². The predicted octanol–water partition coefficient (Wildman–Crippen LogP) is 1.33. The second-order valence-corrected chi connectivity index (χ2v) is 7.78. The largest absolute Gasteiger partial charge is 0.506 e. The molecule has 1 unspecified atom stereocenters. The monoisotopic (exact) mass is 497 g/mol. The molecule has 31 heavy (non-hydrogen) atoms. The number of benzene rings is 1. The summed E-state index contributed by atoms with van der Waals surface area (Å²) in [6.45, 7) is 2.34. The van der Waals surface area contributed by atoms with Crippen LogP contribution in [-0.2, 0) is 19.1 Å². The minimum Gasteiger partial charge on any atom is -0.506 e. The molecule has 2 aromatic rings. The number of aliphatic hydroxyl groups is 1. The van der Waals surface area contributed by atoms with Gasteiger partial charge in [-0.05, 0) is 35.0 Å². The highest BCUT2D eigenvalue weighted by molar-refractivity contribution is 9.10. The number of carbonyl (C=O) groups is 2. The molecule has 1 aliphatic heterocycles. The molecule has 12 heteroatoms. The standard InChI is InChI=1S/C19H20BrN3O8/c1-8(24)16(30-9(2)25)17-13(28)6-14(31-17)23-7-10(20)18(22-19(23)29)21-15-11(26)4-3-5-12(15)27/h3-5,7,13-14,16-17,26-28H,6H2,1-2H3,(H,21,22,29)/t13-,14+,16?,17-/m0/s1. The van der Waals surface area contributed by atoms with Gasteiger partial charge in [-0.3, -0.25) is 14.2 Å². The van der Waals surface area contributed by atoms with Gasteiger partial charge in [0.1, 0.15) is 29.5 Å². The Labute approximate surface area is 184 Å². The molecule has 4 N–H and O–H groups in total. The molecule has 1 saturated heterocycles. The number of Topliss-reactive ketones (excluding diaryl/α,β-unsaturated/α-hetero) is 1. The molecule has 11 nitrogen and oxygen atoms in total. The molecule has 2 heterocycles. The number of halogens is 1. The van der Waals surface area contributed by atoms with E-state index in [1.165, 1.54) is 31.3 Å². The smallest absolute Gasteiger partial charge is 0.351 e.